The summed E-state index contributed by atoms with van der Waals surface area (Å²) in [7, 11) is 1.72. The summed E-state index contributed by atoms with van der Waals surface area (Å²) >= 11 is 6.02. The van der Waals surface area contributed by atoms with Crippen molar-refractivity contribution in [1.82, 2.24) is 9.88 Å². The predicted molar refractivity (Wildman–Crippen MR) is 92.3 cm³/mol. The van der Waals surface area contributed by atoms with Gasteiger partial charge in [-0.1, -0.05) is 17.7 Å². The van der Waals surface area contributed by atoms with Gasteiger partial charge in [0.25, 0.3) is 0 Å². The number of nitrogens with one attached hydrogen (secondary N) is 1. The number of aromatic amines is 1. The molecule has 0 saturated heterocycles. The molecule has 1 aromatic heterocycles. The van der Waals surface area contributed by atoms with Crippen LogP contribution in [0.4, 0.5) is 4.39 Å². The number of aromatic nitrogens is 1. The van der Waals surface area contributed by atoms with Crippen molar-refractivity contribution in [2.24, 2.45) is 0 Å². The molecule has 0 aliphatic heterocycles. The van der Waals surface area contributed by atoms with Crippen molar-refractivity contribution in [1.29, 1.82) is 0 Å². The maximum absolute atomic E-state index is 13.8. The van der Waals surface area contributed by atoms with E-state index in [1.54, 1.807) is 37.9 Å². The van der Waals surface area contributed by atoms with Crippen LogP contribution in [0.1, 0.15) is 44.6 Å². The quantitative estimate of drug-likeness (QED) is 0.803. The highest BCUT2D eigenvalue weighted by atomic mass is 35.5. The molecule has 0 fully saturated rings. The van der Waals surface area contributed by atoms with Crippen LogP contribution in [0.15, 0.2) is 18.2 Å². The van der Waals surface area contributed by atoms with E-state index in [2.05, 4.69) is 4.98 Å². The van der Waals surface area contributed by atoms with Crippen LogP contribution >= 0.6 is 11.6 Å². The number of nitrogens with zero attached hydrogens (tertiary/aromatic N) is 1. The number of halogens is 2. The number of likely N-dealkylation sites (N-methyl/N-ethyl adjacent to an activating group) is 1. The Kier molecular flexibility index (Phi) is 5.57. The van der Waals surface area contributed by atoms with E-state index in [0.717, 1.165) is 0 Å². The number of aryl methyl sites for hydroxylation is 1. The summed E-state index contributed by atoms with van der Waals surface area (Å²) in [5.74, 6) is -0.627. The van der Waals surface area contributed by atoms with Gasteiger partial charge < -0.3 is 4.98 Å². The molecular formula is C18H20ClFN2O2. The van der Waals surface area contributed by atoms with Crippen molar-refractivity contribution in [2.75, 3.05) is 13.6 Å². The standard InChI is InChI=1S/C18H20ClFN2O2/c1-10-17(12(3)23)11(2)21-18(10)16(24)9-22(4)8-13-14(19)6-5-7-15(13)20/h5-7,21H,8-9H2,1-4H3. The summed E-state index contributed by atoms with van der Waals surface area (Å²) in [5.41, 5.74) is 2.67. The summed E-state index contributed by atoms with van der Waals surface area (Å²) in [6.45, 7) is 5.30. The van der Waals surface area contributed by atoms with Crippen LogP contribution in [-0.2, 0) is 6.54 Å². The molecule has 4 nitrogen and oxygen atoms in total. The van der Waals surface area contributed by atoms with Crippen molar-refractivity contribution >= 4 is 23.2 Å². The van der Waals surface area contributed by atoms with Gasteiger partial charge in [0.2, 0.25) is 0 Å². The van der Waals surface area contributed by atoms with Crippen molar-refractivity contribution in [3.05, 3.63) is 57.1 Å². The Morgan fingerprint density at radius 2 is 1.96 bits per heavy atom. The van der Waals surface area contributed by atoms with E-state index in [-0.39, 0.29) is 24.7 Å². The zero-order chi connectivity index (χ0) is 18.0. The Bertz CT molecular complexity index is 778. The number of carbonyl (C=O) groups is 2. The van der Waals surface area contributed by atoms with Crippen LogP contribution in [0.3, 0.4) is 0 Å². The van der Waals surface area contributed by atoms with Crippen LogP contribution in [0, 0.1) is 19.7 Å². The molecular weight excluding hydrogens is 331 g/mol. The molecule has 0 unspecified atom stereocenters. The normalized spacial score (nSPS) is 11.1. The van der Waals surface area contributed by atoms with Gasteiger partial charge in [0, 0.05) is 28.4 Å². The summed E-state index contributed by atoms with van der Waals surface area (Å²) < 4.78 is 13.8. The molecule has 0 saturated carbocycles. The highest BCUT2D eigenvalue weighted by molar-refractivity contribution is 6.31. The smallest absolute Gasteiger partial charge is 0.193 e. The summed E-state index contributed by atoms with van der Waals surface area (Å²) in [6.07, 6.45) is 0. The van der Waals surface area contributed by atoms with E-state index in [1.807, 2.05) is 0 Å². The fourth-order valence-electron chi connectivity index (χ4n) is 2.89. The zero-order valence-electron chi connectivity index (χ0n) is 14.2. The highest BCUT2D eigenvalue weighted by Crippen LogP contribution is 2.22. The molecule has 2 aromatic rings. The number of hydrogen-bond donors (Lipinski definition) is 1. The number of rotatable bonds is 6. The van der Waals surface area contributed by atoms with E-state index in [1.165, 1.54) is 13.0 Å². The minimum atomic E-state index is -0.396. The molecule has 6 heteroatoms. The number of Topliss-reactive ketones (excluding diaryl/α,β-unsaturated/α-hetero) is 2. The fraction of sp³-hybridized carbons (Fsp3) is 0.333. The lowest BCUT2D eigenvalue weighted by Gasteiger charge is -2.17. The number of ketones is 2. The molecule has 128 valence electrons. The van der Waals surface area contributed by atoms with Gasteiger partial charge >= 0.3 is 0 Å². The Hall–Kier alpha value is -1.98. The molecule has 0 radical (unpaired) electrons. The topological polar surface area (TPSA) is 53.2 Å². The summed E-state index contributed by atoms with van der Waals surface area (Å²) in [6, 6.07) is 4.50. The van der Waals surface area contributed by atoms with Gasteiger partial charge in [-0.25, -0.2) is 4.39 Å². The van der Waals surface area contributed by atoms with Crippen LogP contribution in [0.25, 0.3) is 0 Å². The minimum Gasteiger partial charge on any atom is -0.355 e. The van der Waals surface area contributed by atoms with E-state index < -0.39 is 5.82 Å². The van der Waals surface area contributed by atoms with Gasteiger partial charge in [0.1, 0.15) is 5.82 Å². The third kappa shape index (κ3) is 3.74. The maximum Gasteiger partial charge on any atom is 0.193 e. The lowest BCUT2D eigenvalue weighted by molar-refractivity contribution is 0.0937. The second-order valence-corrected chi connectivity index (χ2v) is 6.38. The lowest BCUT2D eigenvalue weighted by atomic mass is 10.1. The van der Waals surface area contributed by atoms with Gasteiger partial charge in [0.15, 0.2) is 11.6 Å². The highest BCUT2D eigenvalue weighted by Gasteiger charge is 2.21. The van der Waals surface area contributed by atoms with E-state index in [4.69, 9.17) is 11.6 Å². The summed E-state index contributed by atoms with van der Waals surface area (Å²) in [5, 5.41) is 0.333. The second kappa shape index (κ2) is 7.28. The van der Waals surface area contributed by atoms with Crippen molar-refractivity contribution in [2.45, 2.75) is 27.3 Å². The van der Waals surface area contributed by atoms with Crippen molar-refractivity contribution < 1.29 is 14.0 Å². The second-order valence-electron chi connectivity index (χ2n) is 5.98. The third-order valence-electron chi connectivity index (χ3n) is 3.97. The first-order valence-electron chi connectivity index (χ1n) is 7.57. The molecule has 0 bridgehead atoms. The lowest BCUT2D eigenvalue weighted by Crippen LogP contribution is -2.26. The Morgan fingerprint density at radius 1 is 1.29 bits per heavy atom. The zero-order valence-corrected chi connectivity index (χ0v) is 14.9. The predicted octanol–water partition coefficient (Wildman–Crippen LogP) is 3.94. The average Bonchev–Trinajstić information content (AvgIpc) is 2.78. The molecule has 24 heavy (non-hydrogen) atoms. The van der Waals surface area contributed by atoms with Gasteiger partial charge in [-0.3, -0.25) is 14.5 Å². The van der Waals surface area contributed by atoms with Crippen molar-refractivity contribution in [3.63, 3.8) is 0 Å². The molecule has 0 aliphatic carbocycles. The molecule has 0 spiro atoms. The molecule has 0 amide bonds. The first kappa shape index (κ1) is 18.4. The Balaban J connectivity index is 2.15. The Morgan fingerprint density at radius 3 is 2.50 bits per heavy atom. The van der Waals surface area contributed by atoms with E-state index in [9.17, 15) is 14.0 Å². The molecule has 1 N–H and O–H groups in total. The minimum absolute atomic E-state index is 0.0770. The number of benzene rings is 1. The van der Waals surface area contributed by atoms with E-state index in [0.29, 0.717) is 33.1 Å². The fourth-order valence-corrected chi connectivity index (χ4v) is 3.11. The maximum atomic E-state index is 13.8. The first-order valence-corrected chi connectivity index (χ1v) is 7.94. The number of hydrogen-bond acceptors (Lipinski definition) is 3. The van der Waals surface area contributed by atoms with Crippen molar-refractivity contribution in [3.8, 4) is 0 Å². The monoisotopic (exact) mass is 350 g/mol. The van der Waals surface area contributed by atoms with Crippen LogP contribution < -0.4 is 0 Å². The largest absolute Gasteiger partial charge is 0.355 e. The van der Waals surface area contributed by atoms with Gasteiger partial charge in [0.05, 0.1) is 12.2 Å². The van der Waals surface area contributed by atoms with Gasteiger partial charge in [-0.2, -0.15) is 0 Å². The van der Waals surface area contributed by atoms with Gasteiger partial charge in [-0.05, 0) is 45.5 Å². The molecule has 0 aliphatic rings. The molecule has 0 atom stereocenters. The molecule has 1 aromatic carbocycles. The van der Waals surface area contributed by atoms with Crippen LogP contribution in [0.5, 0.6) is 0 Å². The van der Waals surface area contributed by atoms with Crippen LogP contribution in [-0.4, -0.2) is 35.0 Å². The number of carbonyl (C=O) groups excluding carboxylic acids is 2. The number of H-pyrrole nitrogens is 1. The van der Waals surface area contributed by atoms with E-state index >= 15 is 0 Å². The van der Waals surface area contributed by atoms with Gasteiger partial charge in [-0.15, -0.1) is 0 Å². The average molecular weight is 351 g/mol. The Labute approximate surface area is 145 Å². The SMILES string of the molecule is CC(=O)c1c(C)[nH]c(C(=O)CN(C)Cc2c(F)cccc2Cl)c1C. The third-order valence-corrected chi connectivity index (χ3v) is 4.33. The molecule has 2 rings (SSSR count). The van der Waals surface area contributed by atoms with Crippen LogP contribution in [0.2, 0.25) is 5.02 Å². The molecule has 1 heterocycles. The first-order chi connectivity index (χ1) is 11.2. The summed E-state index contributed by atoms with van der Waals surface area (Å²) in [4.78, 5) is 28.9.